The molecule has 0 saturated carbocycles. The Morgan fingerprint density at radius 1 is 0.966 bits per heavy atom. The van der Waals surface area contributed by atoms with Crippen LogP contribution in [0.5, 0.6) is 0 Å². The molecular weight excluding hydrogens is 364 g/mol. The summed E-state index contributed by atoms with van der Waals surface area (Å²) in [5.74, 6) is -0.269. The van der Waals surface area contributed by atoms with Gasteiger partial charge in [-0.15, -0.1) is 0 Å². The Morgan fingerprint density at radius 3 is 2.59 bits per heavy atom. The van der Waals surface area contributed by atoms with E-state index >= 15 is 0 Å². The van der Waals surface area contributed by atoms with E-state index in [-0.39, 0.29) is 5.76 Å². The third-order valence-corrected chi connectivity index (χ3v) is 5.11. The lowest BCUT2D eigenvalue weighted by molar-refractivity contribution is 0.0665. The van der Waals surface area contributed by atoms with Crippen LogP contribution in [-0.2, 0) is 13.0 Å². The van der Waals surface area contributed by atoms with Gasteiger partial charge in [0.05, 0.1) is 11.0 Å². The van der Waals surface area contributed by atoms with Gasteiger partial charge in [-0.05, 0) is 48.4 Å². The number of hydrogen-bond donors (Lipinski definition) is 1. The number of hydrogen-bond acceptors (Lipinski definition) is 3. The molecule has 5 heteroatoms. The van der Waals surface area contributed by atoms with Crippen molar-refractivity contribution in [2.45, 2.75) is 13.0 Å². The second kappa shape index (κ2) is 6.95. The summed E-state index contributed by atoms with van der Waals surface area (Å²) in [6.07, 6.45) is 0.894. The van der Waals surface area contributed by atoms with Crippen molar-refractivity contribution in [1.82, 2.24) is 9.55 Å². The molecule has 5 nitrogen and oxygen atoms in total. The van der Waals surface area contributed by atoms with Gasteiger partial charge in [0.25, 0.3) is 0 Å². The van der Waals surface area contributed by atoms with Crippen molar-refractivity contribution >= 4 is 28.0 Å². The van der Waals surface area contributed by atoms with E-state index in [1.807, 2.05) is 36.4 Å². The van der Waals surface area contributed by atoms with E-state index in [1.54, 1.807) is 12.1 Å². The zero-order valence-electron chi connectivity index (χ0n) is 15.6. The molecule has 0 unspecified atom stereocenters. The van der Waals surface area contributed by atoms with E-state index in [2.05, 4.69) is 34.9 Å². The van der Waals surface area contributed by atoms with E-state index in [0.29, 0.717) is 5.58 Å². The summed E-state index contributed by atoms with van der Waals surface area (Å²) in [7, 11) is 0. The molecule has 3 aromatic carbocycles. The summed E-state index contributed by atoms with van der Waals surface area (Å²) < 4.78 is 7.61. The first kappa shape index (κ1) is 17.3. The third-order valence-electron chi connectivity index (χ3n) is 5.11. The van der Waals surface area contributed by atoms with Crippen molar-refractivity contribution in [3.63, 3.8) is 0 Å². The highest BCUT2D eigenvalue weighted by atomic mass is 16.4. The van der Waals surface area contributed by atoms with E-state index in [0.717, 1.165) is 40.8 Å². The normalized spacial score (nSPS) is 11.3. The number of fused-ring (bicyclic) bond motifs is 2. The summed E-state index contributed by atoms with van der Waals surface area (Å²) in [4.78, 5) is 16.1. The average molecular weight is 382 g/mol. The predicted octanol–water partition coefficient (Wildman–Crippen LogP) is 5.39. The van der Waals surface area contributed by atoms with Crippen LogP contribution in [-0.4, -0.2) is 20.6 Å². The van der Waals surface area contributed by atoms with Crippen LogP contribution in [0.15, 0.2) is 83.3 Å². The van der Waals surface area contributed by atoms with Crippen LogP contribution >= 0.6 is 0 Å². The number of benzene rings is 3. The maximum Gasteiger partial charge on any atom is 0.371 e. The van der Waals surface area contributed by atoms with Crippen molar-refractivity contribution in [3.05, 3.63) is 90.2 Å². The molecule has 0 saturated heterocycles. The van der Waals surface area contributed by atoms with Gasteiger partial charge in [0, 0.05) is 17.5 Å². The van der Waals surface area contributed by atoms with Gasteiger partial charge in [-0.25, -0.2) is 9.78 Å². The molecule has 0 amide bonds. The van der Waals surface area contributed by atoms with E-state index in [1.165, 1.54) is 5.56 Å². The lowest BCUT2D eigenvalue weighted by Gasteiger charge is -2.10. The van der Waals surface area contributed by atoms with Gasteiger partial charge in [-0.2, -0.15) is 0 Å². The molecule has 0 aliphatic carbocycles. The molecule has 0 bridgehead atoms. The number of furan rings is 1. The van der Waals surface area contributed by atoms with E-state index < -0.39 is 5.97 Å². The highest BCUT2D eigenvalue weighted by Gasteiger charge is 2.15. The molecule has 0 atom stereocenters. The molecular formula is C24H18N2O3. The van der Waals surface area contributed by atoms with Crippen LogP contribution in [0.2, 0.25) is 0 Å². The molecule has 0 fully saturated rings. The third kappa shape index (κ3) is 3.17. The Kier molecular flexibility index (Phi) is 4.13. The highest BCUT2D eigenvalue weighted by Crippen LogP contribution is 2.29. The monoisotopic (exact) mass is 382 g/mol. The molecule has 29 heavy (non-hydrogen) atoms. The number of imidazole rings is 1. The van der Waals surface area contributed by atoms with Crippen molar-refractivity contribution < 1.29 is 14.3 Å². The van der Waals surface area contributed by atoms with Crippen LogP contribution in [0.1, 0.15) is 16.1 Å². The minimum atomic E-state index is -1.07. The van der Waals surface area contributed by atoms with Crippen LogP contribution in [0, 0.1) is 0 Å². The van der Waals surface area contributed by atoms with Crippen molar-refractivity contribution in [1.29, 1.82) is 0 Å². The first-order chi connectivity index (χ1) is 14.2. The number of aryl methyl sites for hydroxylation is 2. The number of carbonyl (C=O) groups is 1. The molecule has 2 aromatic heterocycles. The maximum atomic E-state index is 11.2. The van der Waals surface area contributed by atoms with Crippen molar-refractivity contribution in [2.24, 2.45) is 0 Å². The van der Waals surface area contributed by atoms with Crippen molar-refractivity contribution in [3.8, 4) is 11.4 Å². The zero-order valence-corrected chi connectivity index (χ0v) is 15.6. The zero-order chi connectivity index (χ0) is 19.8. The maximum absolute atomic E-state index is 11.2. The number of para-hydroxylation sites is 2. The van der Waals surface area contributed by atoms with Gasteiger partial charge < -0.3 is 14.1 Å². The van der Waals surface area contributed by atoms with Crippen LogP contribution in [0.25, 0.3) is 33.4 Å². The molecule has 0 radical (unpaired) electrons. The van der Waals surface area contributed by atoms with Gasteiger partial charge in [-0.3, -0.25) is 0 Å². The van der Waals surface area contributed by atoms with E-state index in [9.17, 15) is 9.90 Å². The first-order valence-electron chi connectivity index (χ1n) is 9.45. The Labute approximate surface area is 166 Å². The molecule has 5 rings (SSSR count). The SMILES string of the molecule is O=C(O)c1cc2cc(-c3nc4ccccc4n3CCc3ccccc3)ccc2o1. The fourth-order valence-corrected chi connectivity index (χ4v) is 3.70. The number of aromatic nitrogens is 2. The van der Waals surface area contributed by atoms with Gasteiger partial charge in [-0.1, -0.05) is 42.5 Å². The molecule has 142 valence electrons. The summed E-state index contributed by atoms with van der Waals surface area (Å²) in [6, 6.07) is 25.7. The Bertz CT molecular complexity index is 1330. The topological polar surface area (TPSA) is 68.3 Å². The summed E-state index contributed by atoms with van der Waals surface area (Å²) >= 11 is 0. The number of carboxylic acid groups (broad SMARTS) is 1. The number of carboxylic acids is 1. The Hall–Kier alpha value is -3.86. The predicted molar refractivity (Wildman–Crippen MR) is 112 cm³/mol. The van der Waals surface area contributed by atoms with Gasteiger partial charge >= 0.3 is 5.97 Å². The second-order valence-electron chi connectivity index (χ2n) is 6.98. The highest BCUT2D eigenvalue weighted by molar-refractivity contribution is 5.93. The summed E-state index contributed by atoms with van der Waals surface area (Å²) in [5.41, 5.74) is 4.77. The van der Waals surface area contributed by atoms with Crippen LogP contribution < -0.4 is 0 Å². The lowest BCUT2D eigenvalue weighted by atomic mass is 10.1. The standard InChI is InChI=1S/C24H18N2O3/c27-24(28)22-15-18-14-17(10-11-21(18)29-22)23-25-19-8-4-5-9-20(19)26(23)13-12-16-6-2-1-3-7-16/h1-11,14-15H,12-13H2,(H,27,28). The minimum Gasteiger partial charge on any atom is -0.475 e. The Balaban J connectivity index is 1.60. The molecule has 0 aliphatic rings. The molecule has 0 spiro atoms. The molecule has 5 aromatic rings. The van der Waals surface area contributed by atoms with Crippen molar-refractivity contribution in [2.75, 3.05) is 0 Å². The quantitative estimate of drug-likeness (QED) is 0.442. The fraction of sp³-hybridized carbons (Fsp3) is 0.0833. The van der Waals surface area contributed by atoms with Crippen LogP contribution in [0.3, 0.4) is 0 Å². The number of rotatable bonds is 5. The van der Waals surface area contributed by atoms with Gasteiger partial charge in [0.1, 0.15) is 11.4 Å². The second-order valence-corrected chi connectivity index (χ2v) is 6.98. The average Bonchev–Trinajstić information content (AvgIpc) is 3.34. The Morgan fingerprint density at radius 2 is 1.76 bits per heavy atom. The summed E-state index contributed by atoms with van der Waals surface area (Å²) in [5, 5.41) is 9.93. The largest absolute Gasteiger partial charge is 0.475 e. The van der Waals surface area contributed by atoms with Gasteiger partial charge in [0.2, 0.25) is 5.76 Å². The lowest BCUT2D eigenvalue weighted by Crippen LogP contribution is -2.03. The molecule has 2 heterocycles. The molecule has 0 aliphatic heterocycles. The molecule has 1 N–H and O–H groups in total. The van der Waals surface area contributed by atoms with Gasteiger partial charge in [0.15, 0.2) is 0 Å². The van der Waals surface area contributed by atoms with Crippen LogP contribution in [0.4, 0.5) is 0 Å². The minimum absolute atomic E-state index is 0.0604. The number of aromatic carboxylic acids is 1. The number of nitrogens with zero attached hydrogens (tertiary/aromatic N) is 2. The van der Waals surface area contributed by atoms with E-state index in [4.69, 9.17) is 9.40 Å². The fourth-order valence-electron chi connectivity index (χ4n) is 3.70. The smallest absolute Gasteiger partial charge is 0.371 e. The first-order valence-corrected chi connectivity index (χ1v) is 9.45. The summed E-state index contributed by atoms with van der Waals surface area (Å²) in [6.45, 7) is 0.795.